The van der Waals surface area contributed by atoms with Gasteiger partial charge in [-0.15, -0.1) is 0 Å². The Hall–Kier alpha value is -1.82. The van der Waals surface area contributed by atoms with Crippen molar-refractivity contribution in [3.8, 4) is 0 Å². The van der Waals surface area contributed by atoms with Crippen LogP contribution in [0.1, 0.15) is 24.2 Å². The SMILES string of the molecule is CCNc1ncc(C(=O)NC(C)C(=O)NC)cc1Cl. The third-order valence-corrected chi connectivity index (χ3v) is 2.72. The van der Waals surface area contributed by atoms with E-state index < -0.39 is 11.9 Å². The number of likely N-dealkylation sites (N-methyl/N-ethyl adjacent to an activating group) is 1. The summed E-state index contributed by atoms with van der Waals surface area (Å²) in [4.78, 5) is 27.3. The van der Waals surface area contributed by atoms with Gasteiger partial charge in [-0.2, -0.15) is 0 Å². The highest BCUT2D eigenvalue weighted by Crippen LogP contribution is 2.19. The third-order valence-electron chi connectivity index (χ3n) is 2.43. The second-order valence-corrected chi connectivity index (χ2v) is 4.30. The average molecular weight is 285 g/mol. The number of aromatic nitrogens is 1. The lowest BCUT2D eigenvalue weighted by Gasteiger charge is -2.12. The van der Waals surface area contributed by atoms with E-state index in [-0.39, 0.29) is 5.91 Å². The lowest BCUT2D eigenvalue weighted by molar-refractivity contribution is -0.122. The van der Waals surface area contributed by atoms with Crippen LogP contribution in [0.5, 0.6) is 0 Å². The molecule has 0 aromatic carbocycles. The molecule has 0 aliphatic carbocycles. The Labute approximate surface area is 116 Å². The van der Waals surface area contributed by atoms with E-state index in [0.717, 1.165) is 0 Å². The molecule has 1 atom stereocenters. The van der Waals surface area contributed by atoms with Crippen molar-refractivity contribution in [1.29, 1.82) is 0 Å². The van der Waals surface area contributed by atoms with Crippen LogP contribution in [0.25, 0.3) is 0 Å². The first-order chi connectivity index (χ1) is 8.99. The van der Waals surface area contributed by atoms with E-state index in [0.29, 0.717) is 22.9 Å². The smallest absolute Gasteiger partial charge is 0.253 e. The fourth-order valence-corrected chi connectivity index (χ4v) is 1.65. The normalized spacial score (nSPS) is 11.6. The van der Waals surface area contributed by atoms with E-state index in [4.69, 9.17) is 11.6 Å². The van der Waals surface area contributed by atoms with Crippen LogP contribution in [0.4, 0.5) is 5.82 Å². The number of pyridine rings is 1. The first-order valence-corrected chi connectivity index (χ1v) is 6.29. The highest BCUT2D eigenvalue weighted by Gasteiger charge is 2.16. The van der Waals surface area contributed by atoms with Crippen molar-refractivity contribution in [2.45, 2.75) is 19.9 Å². The Balaban J connectivity index is 2.78. The molecule has 0 saturated heterocycles. The highest BCUT2D eigenvalue weighted by molar-refractivity contribution is 6.33. The minimum atomic E-state index is -0.621. The zero-order chi connectivity index (χ0) is 14.4. The molecule has 104 valence electrons. The van der Waals surface area contributed by atoms with Gasteiger partial charge < -0.3 is 16.0 Å². The van der Waals surface area contributed by atoms with Crippen molar-refractivity contribution in [2.75, 3.05) is 18.9 Å². The quantitative estimate of drug-likeness (QED) is 0.754. The first-order valence-electron chi connectivity index (χ1n) is 5.91. The number of nitrogens with one attached hydrogen (secondary N) is 3. The number of carbonyl (C=O) groups is 2. The van der Waals surface area contributed by atoms with Crippen molar-refractivity contribution < 1.29 is 9.59 Å². The number of hydrogen-bond donors (Lipinski definition) is 3. The Kier molecular flexibility index (Phi) is 5.57. The Bertz CT molecular complexity index is 479. The molecule has 0 saturated carbocycles. The molecular formula is C12H17ClN4O2. The molecule has 1 unspecified atom stereocenters. The van der Waals surface area contributed by atoms with Gasteiger partial charge in [0.2, 0.25) is 5.91 Å². The predicted octanol–water partition coefficient (Wildman–Crippen LogP) is 1.03. The number of hydrogen-bond acceptors (Lipinski definition) is 4. The van der Waals surface area contributed by atoms with Gasteiger partial charge in [0.15, 0.2) is 0 Å². The first kappa shape index (κ1) is 15.2. The van der Waals surface area contributed by atoms with Gasteiger partial charge in [0.05, 0.1) is 10.6 Å². The average Bonchev–Trinajstić information content (AvgIpc) is 2.40. The van der Waals surface area contributed by atoms with Gasteiger partial charge in [-0.05, 0) is 19.9 Å². The van der Waals surface area contributed by atoms with E-state index >= 15 is 0 Å². The molecule has 0 bridgehead atoms. The van der Waals surface area contributed by atoms with Gasteiger partial charge in [-0.1, -0.05) is 11.6 Å². The van der Waals surface area contributed by atoms with Crippen LogP contribution < -0.4 is 16.0 Å². The summed E-state index contributed by atoms with van der Waals surface area (Å²) in [5.41, 5.74) is 0.308. The topological polar surface area (TPSA) is 83.1 Å². The van der Waals surface area contributed by atoms with E-state index in [9.17, 15) is 9.59 Å². The maximum atomic E-state index is 11.9. The van der Waals surface area contributed by atoms with Crippen molar-refractivity contribution in [2.24, 2.45) is 0 Å². The van der Waals surface area contributed by atoms with Crippen LogP contribution in [-0.2, 0) is 4.79 Å². The molecular weight excluding hydrogens is 268 g/mol. The molecule has 1 rings (SSSR count). The zero-order valence-electron chi connectivity index (χ0n) is 11.1. The summed E-state index contributed by atoms with van der Waals surface area (Å²) >= 11 is 5.99. The number of nitrogens with zero attached hydrogens (tertiary/aromatic N) is 1. The van der Waals surface area contributed by atoms with Crippen LogP contribution in [0, 0.1) is 0 Å². The molecule has 1 heterocycles. The summed E-state index contributed by atoms with van der Waals surface area (Å²) in [5, 5.41) is 8.34. The molecule has 0 aliphatic rings. The summed E-state index contributed by atoms with van der Waals surface area (Å²) in [6, 6.07) is 0.892. The second-order valence-electron chi connectivity index (χ2n) is 3.89. The van der Waals surface area contributed by atoms with E-state index in [1.165, 1.54) is 19.3 Å². The van der Waals surface area contributed by atoms with Gasteiger partial charge in [0.1, 0.15) is 11.9 Å². The molecule has 19 heavy (non-hydrogen) atoms. The Morgan fingerprint density at radius 2 is 2.16 bits per heavy atom. The van der Waals surface area contributed by atoms with Crippen LogP contribution in [-0.4, -0.2) is 36.4 Å². The third kappa shape index (κ3) is 4.10. The molecule has 0 radical (unpaired) electrons. The lowest BCUT2D eigenvalue weighted by atomic mass is 10.2. The van der Waals surface area contributed by atoms with Gasteiger partial charge in [0.25, 0.3) is 5.91 Å². The number of halogens is 1. The number of carbonyl (C=O) groups excluding carboxylic acids is 2. The van der Waals surface area contributed by atoms with Crippen molar-refractivity contribution in [3.05, 3.63) is 22.8 Å². The maximum absolute atomic E-state index is 11.9. The monoisotopic (exact) mass is 284 g/mol. The summed E-state index contributed by atoms with van der Waals surface area (Å²) in [6.07, 6.45) is 1.41. The van der Waals surface area contributed by atoms with Gasteiger partial charge in [-0.25, -0.2) is 4.98 Å². The lowest BCUT2D eigenvalue weighted by Crippen LogP contribution is -2.43. The molecule has 6 nitrogen and oxygen atoms in total. The fourth-order valence-electron chi connectivity index (χ4n) is 1.42. The molecule has 0 aliphatic heterocycles. The van der Waals surface area contributed by atoms with Gasteiger partial charge in [0, 0.05) is 19.8 Å². The highest BCUT2D eigenvalue weighted by atomic mass is 35.5. The van der Waals surface area contributed by atoms with Gasteiger partial charge in [-0.3, -0.25) is 9.59 Å². The maximum Gasteiger partial charge on any atom is 0.253 e. The molecule has 0 spiro atoms. The summed E-state index contributed by atoms with van der Waals surface area (Å²) in [5.74, 6) is -0.134. The Morgan fingerprint density at radius 1 is 1.47 bits per heavy atom. The molecule has 3 N–H and O–H groups in total. The van der Waals surface area contributed by atoms with E-state index in [1.807, 2.05) is 6.92 Å². The summed E-state index contributed by atoms with van der Waals surface area (Å²) in [6.45, 7) is 4.20. The van der Waals surface area contributed by atoms with Crippen molar-refractivity contribution in [1.82, 2.24) is 15.6 Å². The number of amides is 2. The summed E-state index contributed by atoms with van der Waals surface area (Å²) < 4.78 is 0. The van der Waals surface area contributed by atoms with Crippen molar-refractivity contribution in [3.63, 3.8) is 0 Å². The molecule has 1 aromatic heterocycles. The van der Waals surface area contributed by atoms with Crippen molar-refractivity contribution >= 4 is 29.2 Å². The van der Waals surface area contributed by atoms with Crippen LogP contribution in [0.3, 0.4) is 0 Å². The number of anilines is 1. The predicted molar refractivity (Wildman–Crippen MR) is 74.4 cm³/mol. The van der Waals surface area contributed by atoms with E-state index in [2.05, 4.69) is 20.9 Å². The van der Waals surface area contributed by atoms with Crippen LogP contribution >= 0.6 is 11.6 Å². The minimum absolute atomic E-state index is 0.267. The van der Waals surface area contributed by atoms with E-state index in [1.54, 1.807) is 6.92 Å². The molecule has 0 fully saturated rings. The second kappa shape index (κ2) is 6.94. The minimum Gasteiger partial charge on any atom is -0.369 e. The molecule has 7 heteroatoms. The number of rotatable bonds is 5. The van der Waals surface area contributed by atoms with Gasteiger partial charge >= 0.3 is 0 Å². The van der Waals surface area contributed by atoms with Crippen LogP contribution in [0.2, 0.25) is 5.02 Å². The zero-order valence-corrected chi connectivity index (χ0v) is 11.8. The molecule has 2 amide bonds. The fraction of sp³-hybridized carbons (Fsp3) is 0.417. The summed E-state index contributed by atoms with van der Waals surface area (Å²) in [7, 11) is 1.51. The largest absolute Gasteiger partial charge is 0.369 e. The molecule has 1 aromatic rings. The Morgan fingerprint density at radius 3 is 2.68 bits per heavy atom. The standard InChI is InChI=1S/C12H17ClN4O2/c1-4-15-10-9(13)5-8(6-16-10)12(19)17-7(2)11(18)14-3/h5-7H,4H2,1-3H3,(H,14,18)(H,15,16)(H,17,19). The van der Waals surface area contributed by atoms with Crippen LogP contribution in [0.15, 0.2) is 12.3 Å².